The van der Waals surface area contributed by atoms with Gasteiger partial charge in [0.1, 0.15) is 17.2 Å². The van der Waals surface area contributed by atoms with Gasteiger partial charge in [0.05, 0.1) is 19.3 Å². The predicted octanol–water partition coefficient (Wildman–Crippen LogP) is 5.87. The lowest BCUT2D eigenvalue weighted by Gasteiger charge is -2.29. The monoisotopic (exact) mass is 441 g/mol. The molecule has 7 heteroatoms. The molecular formula is C24H27NO5S. The van der Waals surface area contributed by atoms with Crippen molar-refractivity contribution in [3.63, 3.8) is 0 Å². The van der Waals surface area contributed by atoms with Crippen molar-refractivity contribution < 1.29 is 23.8 Å². The van der Waals surface area contributed by atoms with E-state index in [1.54, 1.807) is 11.4 Å². The zero-order valence-corrected chi connectivity index (χ0v) is 18.6. The minimum atomic E-state index is -0.942. The molecular weight excluding hydrogens is 414 g/mol. The Hall–Kier alpha value is -2.64. The summed E-state index contributed by atoms with van der Waals surface area (Å²) in [5.41, 5.74) is 2.99. The number of nitrogens with zero attached hydrogens (tertiary/aromatic N) is 1. The van der Waals surface area contributed by atoms with Crippen molar-refractivity contribution in [2.24, 2.45) is 5.92 Å². The van der Waals surface area contributed by atoms with Gasteiger partial charge in [-0.2, -0.15) is 0 Å². The van der Waals surface area contributed by atoms with Gasteiger partial charge in [-0.1, -0.05) is 24.1 Å². The van der Waals surface area contributed by atoms with Gasteiger partial charge in [0.15, 0.2) is 4.88 Å². The minimum absolute atomic E-state index is 0.141. The van der Waals surface area contributed by atoms with Gasteiger partial charge >= 0.3 is 5.97 Å². The Morgan fingerprint density at radius 1 is 1.23 bits per heavy atom. The van der Waals surface area contributed by atoms with Gasteiger partial charge in [-0.3, -0.25) is 0 Å². The maximum absolute atomic E-state index is 11.2. The van der Waals surface area contributed by atoms with E-state index in [9.17, 15) is 9.90 Å². The van der Waals surface area contributed by atoms with E-state index in [1.165, 1.54) is 16.9 Å². The summed E-state index contributed by atoms with van der Waals surface area (Å²) in [7, 11) is 0. The summed E-state index contributed by atoms with van der Waals surface area (Å²) >= 11 is 1.19. The number of thiophene rings is 1. The molecule has 1 aliphatic rings. The molecule has 0 bridgehead atoms. The Balaban J connectivity index is 1.30. The molecule has 1 fully saturated rings. The number of aromatic nitrogens is 1. The summed E-state index contributed by atoms with van der Waals surface area (Å²) in [6.07, 6.45) is 4.18. The number of aryl methyl sites for hydroxylation is 2. The molecule has 1 N–H and O–H groups in total. The zero-order chi connectivity index (χ0) is 21.8. The summed E-state index contributed by atoms with van der Waals surface area (Å²) in [5.74, 6) is 1.27. The van der Waals surface area contributed by atoms with E-state index in [0.29, 0.717) is 30.8 Å². The number of aromatic carboxylic acids is 1. The van der Waals surface area contributed by atoms with E-state index in [1.807, 2.05) is 31.2 Å². The number of carboxylic acids is 1. The van der Waals surface area contributed by atoms with Gasteiger partial charge in [-0.15, -0.1) is 11.3 Å². The first-order valence-electron chi connectivity index (χ1n) is 10.6. The molecule has 2 aromatic heterocycles. The highest BCUT2D eigenvalue weighted by Gasteiger charge is 2.25. The Morgan fingerprint density at radius 3 is 2.81 bits per heavy atom. The smallest absolute Gasteiger partial charge is 0.349 e. The van der Waals surface area contributed by atoms with Crippen molar-refractivity contribution in [2.75, 3.05) is 6.61 Å². The number of hydrogen-bond donors (Lipinski definition) is 1. The van der Waals surface area contributed by atoms with Crippen molar-refractivity contribution in [1.29, 1.82) is 0 Å². The Kier molecular flexibility index (Phi) is 6.73. The summed E-state index contributed by atoms with van der Waals surface area (Å²) in [4.78, 5) is 16.1. The largest absolute Gasteiger partial charge is 0.492 e. The average molecular weight is 442 g/mol. The SMILES string of the molecule is Cc1ccc(-c2nc(COC3CCCC(COc4ccsc4C(=O)O)C3)c(C)o2)cc1. The number of rotatable bonds is 8. The van der Waals surface area contributed by atoms with Gasteiger partial charge in [-0.05, 0) is 62.6 Å². The first kappa shape index (κ1) is 21.6. The molecule has 0 radical (unpaired) electrons. The van der Waals surface area contributed by atoms with Crippen LogP contribution in [0.1, 0.15) is 52.4 Å². The second-order valence-electron chi connectivity index (χ2n) is 8.08. The molecule has 0 amide bonds. The van der Waals surface area contributed by atoms with E-state index in [-0.39, 0.29) is 11.0 Å². The van der Waals surface area contributed by atoms with Crippen LogP contribution in [-0.4, -0.2) is 28.8 Å². The highest BCUT2D eigenvalue weighted by molar-refractivity contribution is 7.12. The molecule has 1 saturated carbocycles. The van der Waals surface area contributed by atoms with Crippen LogP contribution in [0.15, 0.2) is 40.1 Å². The third-order valence-electron chi connectivity index (χ3n) is 5.68. The summed E-state index contributed by atoms with van der Waals surface area (Å²) in [6.45, 7) is 4.91. The van der Waals surface area contributed by atoms with Crippen LogP contribution in [0.3, 0.4) is 0 Å². The fraction of sp³-hybridized carbons (Fsp3) is 0.417. The molecule has 4 rings (SSSR count). The minimum Gasteiger partial charge on any atom is -0.492 e. The number of benzene rings is 1. The number of hydrogen-bond acceptors (Lipinski definition) is 6. The van der Waals surface area contributed by atoms with Gasteiger partial charge in [-0.25, -0.2) is 9.78 Å². The van der Waals surface area contributed by atoms with Gasteiger partial charge in [0, 0.05) is 5.56 Å². The van der Waals surface area contributed by atoms with Crippen molar-refractivity contribution >= 4 is 17.3 Å². The first-order chi connectivity index (χ1) is 15.0. The highest BCUT2D eigenvalue weighted by Crippen LogP contribution is 2.31. The second kappa shape index (κ2) is 9.66. The van der Waals surface area contributed by atoms with Crippen LogP contribution in [0.2, 0.25) is 0 Å². The van der Waals surface area contributed by atoms with Crippen molar-refractivity contribution in [3.05, 3.63) is 57.6 Å². The van der Waals surface area contributed by atoms with Crippen LogP contribution in [0.25, 0.3) is 11.5 Å². The molecule has 0 saturated heterocycles. The first-order valence-corrected chi connectivity index (χ1v) is 11.5. The lowest BCUT2D eigenvalue weighted by molar-refractivity contribution is -0.00599. The van der Waals surface area contributed by atoms with E-state index < -0.39 is 5.97 Å². The predicted molar refractivity (Wildman–Crippen MR) is 119 cm³/mol. The van der Waals surface area contributed by atoms with Gasteiger partial charge < -0.3 is 19.0 Å². The standard InChI is InChI=1S/C24H27NO5S/c1-15-6-8-18(9-7-15)23-25-20(16(2)30-23)14-28-19-5-3-4-17(12-19)13-29-21-10-11-31-22(21)24(26)27/h6-11,17,19H,3-5,12-14H2,1-2H3,(H,26,27). The van der Waals surface area contributed by atoms with E-state index in [4.69, 9.17) is 13.9 Å². The fourth-order valence-corrected chi connectivity index (χ4v) is 4.57. The van der Waals surface area contributed by atoms with Crippen LogP contribution in [0, 0.1) is 19.8 Å². The number of carboxylic acid groups (broad SMARTS) is 1. The lowest BCUT2D eigenvalue weighted by atomic mass is 9.88. The summed E-state index contributed by atoms with van der Waals surface area (Å²) in [6, 6.07) is 9.85. The van der Waals surface area contributed by atoms with Crippen molar-refractivity contribution in [3.8, 4) is 17.2 Å². The van der Waals surface area contributed by atoms with Crippen LogP contribution in [0.5, 0.6) is 5.75 Å². The van der Waals surface area contributed by atoms with Crippen LogP contribution in [0.4, 0.5) is 0 Å². The number of carbonyl (C=O) groups is 1. The Morgan fingerprint density at radius 2 is 2.03 bits per heavy atom. The molecule has 3 aromatic rings. The molecule has 164 valence electrons. The zero-order valence-electron chi connectivity index (χ0n) is 17.8. The molecule has 1 aromatic carbocycles. The van der Waals surface area contributed by atoms with Crippen molar-refractivity contribution in [2.45, 2.75) is 52.2 Å². The van der Waals surface area contributed by atoms with Gasteiger partial charge in [0.25, 0.3) is 0 Å². The highest BCUT2D eigenvalue weighted by atomic mass is 32.1. The van der Waals surface area contributed by atoms with Crippen molar-refractivity contribution in [1.82, 2.24) is 4.98 Å². The van der Waals surface area contributed by atoms with E-state index in [2.05, 4.69) is 11.9 Å². The van der Waals surface area contributed by atoms with Gasteiger partial charge in [0.2, 0.25) is 5.89 Å². The maximum atomic E-state index is 11.2. The Bertz CT molecular complexity index is 1020. The molecule has 6 nitrogen and oxygen atoms in total. The lowest BCUT2D eigenvalue weighted by Crippen LogP contribution is -2.26. The molecule has 1 aliphatic carbocycles. The molecule has 31 heavy (non-hydrogen) atoms. The topological polar surface area (TPSA) is 81.8 Å². The summed E-state index contributed by atoms with van der Waals surface area (Å²) < 4.78 is 17.8. The molecule has 2 heterocycles. The van der Waals surface area contributed by atoms with Crippen LogP contribution in [-0.2, 0) is 11.3 Å². The third-order valence-corrected chi connectivity index (χ3v) is 6.56. The molecule has 0 spiro atoms. The quantitative estimate of drug-likeness (QED) is 0.471. The number of ether oxygens (including phenoxy) is 2. The fourth-order valence-electron chi connectivity index (χ4n) is 3.90. The van der Waals surface area contributed by atoms with Crippen LogP contribution >= 0.6 is 11.3 Å². The molecule has 2 atom stereocenters. The molecule has 2 unspecified atom stereocenters. The van der Waals surface area contributed by atoms with E-state index >= 15 is 0 Å². The van der Waals surface area contributed by atoms with Crippen LogP contribution < -0.4 is 4.74 Å². The normalized spacial score (nSPS) is 18.8. The third kappa shape index (κ3) is 5.35. The molecule has 0 aliphatic heterocycles. The summed E-state index contributed by atoms with van der Waals surface area (Å²) in [5, 5.41) is 11.0. The average Bonchev–Trinajstić information content (AvgIpc) is 3.38. The van der Waals surface area contributed by atoms with E-state index in [0.717, 1.165) is 42.7 Å². The Labute approximate surface area is 185 Å². The number of oxazole rings is 1. The second-order valence-corrected chi connectivity index (χ2v) is 9.00. The maximum Gasteiger partial charge on any atom is 0.349 e.